The summed E-state index contributed by atoms with van der Waals surface area (Å²) < 4.78 is 1.07. The number of thiophene rings is 1. The lowest BCUT2D eigenvalue weighted by atomic mass is 9.90. The Labute approximate surface area is 132 Å². The quantitative estimate of drug-likeness (QED) is 0.864. The van der Waals surface area contributed by atoms with Crippen molar-refractivity contribution in [2.24, 2.45) is 5.73 Å². The number of aliphatic hydroxyl groups excluding tert-OH is 1. The maximum Gasteiger partial charge on any atom is 0.0962 e. The van der Waals surface area contributed by atoms with Gasteiger partial charge in [-0.3, -0.25) is 0 Å². The van der Waals surface area contributed by atoms with Gasteiger partial charge in [0.1, 0.15) is 0 Å². The number of halogens is 1. The molecule has 0 aliphatic heterocycles. The summed E-state index contributed by atoms with van der Waals surface area (Å²) in [6.45, 7) is 6.64. The molecular formula is C16H20BrNOS. The van der Waals surface area contributed by atoms with Gasteiger partial charge >= 0.3 is 0 Å². The highest BCUT2D eigenvalue weighted by molar-refractivity contribution is 9.11. The fraction of sp³-hybridized carbons (Fsp3) is 0.375. The van der Waals surface area contributed by atoms with Crippen LogP contribution in [0.4, 0.5) is 0 Å². The molecule has 4 heteroatoms. The topological polar surface area (TPSA) is 46.2 Å². The van der Waals surface area contributed by atoms with Crippen LogP contribution in [0.3, 0.4) is 0 Å². The zero-order valence-corrected chi connectivity index (χ0v) is 14.4. The van der Waals surface area contributed by atoms with Gasteiger partial charge in [-0.15, -0.1) is 11.3 Å². The lowest BCUT2D eigenvalue weighted by Gasteiger charge is -2.21. The third kappa shape index (κ3) is 3.14. The second kappa shape index (κ2) is 6.39. The van der Waals surface area contributed by atoms with Crippen molar-refractivity contribution in [3.05, 3.63) is 55.2 Å². The Morgan fingerprint density at radius 1 is 1.15 bits per heavy atom. The van der Waals surface area contributed by atoms with E-state index in [1.807, 2.05) is 13.0 Å². The lowest BCUT2D eigenvalue weighted by molar-refractivity contribution is 0.151. The molecule has 2 aromatic rings. The highest BCUT2D eigenvalue weighted by Gasteiger charge is 2.24. The van der Waals surface area contributed by atoms with E-state index in [-0.39, 0.29) is 5.92 Å². The van der Waals surface area contributed by atoms with E-state index in [1.165, 1.54) is 11.1 Å². The van der Waals surface area contributed by atoms with Crippen LogP contribution >= 0.6 is 27.3 Å². The molecule has 0 spiro atoms. The molecule has 1 aromatic carbocycles. The van der Waals surface area contributed by atoms with Crippen molar-refractivity contribution in [1.29, 1.82) is 0 Å². The van der Waals surface area contributed by atoms with E-state index in [9.17, 15) is 5.11 Å². The van der Waals surface area contributed by atoms with Gasteiger partial charge in [0.15, 0.2) is 0 Å². The predicted octanol–water partition coefficient (Wildman–Crippen LogP) is 4.21. The lowest BCUT2D eigenvalue weighted by Crippen LogP contribution is -2.19. The minimum absolute atomic E-state index is 0.0701. The van der Waals surface area contributed by atoms with Gasteiger partial charge in [-0.05, 0) is 65.0 Å². The van der Waals surface area contributed by atoms with Gasteiger partial charge in [-0.1, -0.05) is 18.2 Å². The Balaban J connectivity index is 2.33. The molecule has 0 fully saturated rings. The Hall–Kier alpha value is -0.680. The Morgan fingerprint density at radius 3 is 2.35 bits per heavy atom. The van der Waals surface area contributed by atoms with E-state index in [2.05, 4.69) is 48.0 Å². The zero-order chi connectivity index (χ0) is 14.9. The van der Waals surface area contributed by atoms with Crippen molar-refractivity contribution in [1.82, 2.24) is 0 Å². The number of aryl methyl sites for hydroxylation is 3. The van der Waals surface area contributed by atoms with Gasteiger partial charge in [0.2, 0.25) is 0 Å². The molecule has 108 valence electrons. The number of hydrogen-bond donors (Lipinski definition) is 2. The highest BCUT2D eigenvalue weighted by Crippen LogP contribution is 2.38. The standard InChI is InChI=1S/C16H20BrNOS/c1-9-4-5-12(6-10(9)2)13(8-18)15(19)14-7-11(3)16(17)20-14/h4-7,13,15,19H,8,18H2,1-3H3. The van der Waals surface area contributed by atoms with Gasteiger partial charge in [0.05, 0.1) is 9.89 Å². The van der Waals surface area contributed by atoms with Crippen LogP contribution in [0.5, 0.6) is 0 Å². The van der Waals surface area contributed by atoms with E-state index in [0.717, 1.165) is 19.8 Å². The highest BCUT2D eigenvalue weighted by atomic mass is 79.9. The fourth-order valence-corrected chi connectivity index (χ4v) is 3.89. The first-order chi connectivity index (χ1) is 9.43. The summed E-state index contributed by atoms with van der Waals surface area (Å²) in [6.07, 6.45) is -0.558. The fourth-order valence-electron chi connectivity index (χ4n) is 2.27. The maximum atomic E-state index is 10.6. The molecule has 0 amide bonds. The minimum Gasteiger partial charge on any atom is -0.387 e. The monoisotopic (exact) mass is 353 g/mol. The molecule has 20 heavy (non-hydrogen) atoms. The largest absolute Gasteiger partial charge is 0.387 e. The number of hydrogen-bond acceptors (Lipinski definition) is 3. The van der Waals surface area contributed by atoms with Crippen molar-refractivity contribution < 1.29 is 5.11 Å². The summed E-state index contributed by atoms with van der Waals surface area (Å²) in [7, 11) is 0. The molecular weight excluding hydrogens is 334 g/mol. The molecule has 0 aliphatic rings. The van der Waals surface area contributed by atoms with Crippen molar-refractivity contribution in [2.45, 2.75) is 32.8 Å². The summed E-state index contributed by atoms with van der Waals surface area (Å²) in [5.41, 5.74) is 10.7. The van der Waals surface area contributed by atoms with E-state index < -0.39 is 6.10 Å². The molecule has 0 saturated carbocycles. The summed E-state index contributed by atoms with van der Waals surface area (Å²) in [4.78, 5) is 0.961. The minimum atomic E-state index is -0.558. The van der Waals surface area contributed by atoms with Crippen LogP contribution in [0, 0.1) is 20.8 Å². The third-order valence-corrected chi connectivity index (χ3v) is 5.97. The molecule has 1 aromatic heterocycles. The molecule has 2 unspecified atom stereocenters. The van der Waals surface area contributed by atoms with Crippen molar-refractivity contribution in [2.75, 3.05) is 6.54 Å². The second-order valence-corrected chi connectivity index (χ2v) is 7.64. The van der Waals surface area contributed by atoms with Crippen LogP contribution in [0.25, 0.3) is 0 Å². The molecule has 0 aliphatic carbocycles. The average Bonchev–Trinajstić information content (AvgIpc) is 2.74. The third-order valence-electron chi connectivity index (χ3n) is 3.76. The van der Waals surface area contributed by atoms with Gasteiger partial charge in [-0.25, -0.2) is 0 Å². The van der Waals surface area contributed by atoms with Crippen LogP contribution in [-0.4, -0.2) is 11.7 Å². The smallest absolute Gasteiger partial charge is 0.0962 e. The van der Waals surface area contributed by atoms with Crippen LogP contribution < -0.4 is 5.73 Å². The second-order valence-electron chi connectivity index (χ2n) is 5.24. The Morgan fingerprint density at radius 2 is 1.85 bits per heavy atom. The van der Waals surface area contributed by atoms with Crippen molar-refractivity contribution >= 4 is 27.3 Å². The maximum absolute atomic E-state index is 10.6. The summed E-state index contributed by atoms with van der Waals surface area (Å²) in [6, 6.07) is 8.32. The summed E-state index contributed by atoms with van der Waals surface area (Å²) in [5.74, 6) is -0.0701. The van der Waals surface area contributed by atoms with Gasteiger partial charge in [-0.2, -0.15) is 0 Å². The Bertz CT molecular complexity index is 589. The van der Waals surface area contributed by atoms with E-state index >= 15 is 0 Å². The van der Waals surface area contributed by atoms with Crippen LogP contribution in [0.2, 0.25) is 0 Å². The van der Waals surface area contributed by atoms with Gasteiger partial charge < -0.3 is 10.8 Å². The zero-order valence-electron chi connectivity index (χ0n) is 12.0. The van der Waals surface area contributed by atoms with Crippen LogP contribution in [-0.2, 0) is 0 Å². The molecule has 2 rings (SSSR count). The van der Waals surface area contributed by atoms with E-state index in [4.69, 9.17) is 5.73 Å². The normalized spacial score (nSPS) is 14.3. The SMILES string of the molecule is Cc1ccc(C(CN)C(O)c2cc(C)c(Br)s2)cc1C. The predicted molar refractivity (Wildman–Crippen MR) is 89.4 cm³/mol. The molecule has 2 atom stereocenters. The average molecular weight is 354 g/mol. The first-order valence-electron chi connectivity index (χ1n) is 6.65. The molecule has 0 saturated heterocycles. The van der Waals surface area contributed by atoms with Crippen LogP contribution in [0.15, 0.2) is 28.1 Å². The Kier molecular flexibility index (Phi) is 5.02. The van der Waals surface area contributed by atoms with E-state index in [1.54, 1.807) is 11.3 Å². The molecule has 0 bridgehead atoms. The summed E-state index contributed by atoms with van der Waals surface area (Å²) in [5, 5.41) is 10.6. The van der Waals surface area contributed by atoms with Crippen molar-refractivity contribution in [3.63, 3.8) is 0 Å². The molecule has 0 radical (unpaired) electrons. The first kappa shape index (κ1) is 15.7. The summed E-state index contributed by atoms with van der Waals surface area (Å²) >= 11 is 5.09. The molecule has 2 nitrogen and oxygen atoms in total. The molecule has 3 N–H and O–H groups in total. The number of nitrogens with two attached hydrogens (primary N) is 1. The van der Waals surface area contributed by atoms with E-state index in [0.29, 0.717) is 6.54 Å². The molecule has 1 heterocycles. The number of aliphatic hydroxyl groups is 1. The number of rotatable bonds is 4. The van der Waals surface area contributed by atoms with Gasteiger partial charge in [0, 0.05) is 17.3 Å². The number of benzene rings is 1. The van der Waals surface area contributed by atoms with Crippen LogP contribution in [0.1, 0.15) is 39.2 Å². The van der Waals surface area contributed by atoms with Gasteiger partial charge in [0.25, 0.3) is 0 Å². The first-order valence-corrected chi connectivity index (χ1v) is 8.26. The van der Waals surface area contributed by atoms with Crippen molar-refractivity contribution in [3.8, 4) is 0 Å².